The highest BCUT2D eigenvalue weighted by Crippen LogP contribution is 2.30. The molecule has 1 aliphatic heterocycles. The van der Waals surface area contributed by atoms with Gasteiger partial charge >= 0.3 is 0 Å². The molecule has 0 fully saturated rings. The first kappa shape index (κ1) is 7.58. The van der Waals surface area contributed by atoms with E-state index in [1.807, 2.05) is 6.07 Å². The second-order valence-electron chi connectivity index (χ2n) is 2.96. The Kier molecular flexibility index (Phi) is 1.75. The molecule has 1 aromatic rings. The van der Waals surface area contributed by atoms with E-state index in [9.17, 15) is 5.11 Å². The van der Waals surface area contributed by atoms with Gasteiger partial charge in [0.05, 0.1) is 12.6 Å². The number of phenols is 1. The summed E-state index contributed by atoms with van der Waals surface area (Å²) in [4.78, 5) is 0. The highest BCUT2D eigenvalue weighted by atomic mass is 16.3. The van der Waals surface area contributed by atoms with Gasteiger partial charge in [-0.3, -0.25) is 0 Å². The van der Waals surface area contributed by atoms with Crippen LogP contribution in [0.25, 0.3) is 0 Å². The molecule has 1 heterocycles. The minimum Gasteiger partial charge on any atom is -0.508 e. The second kappa shape index (κ2) is 2.77. The normalized spacial score (nSPS) is 20.9. The lowest BCUT2D eigenvalue weighted by Gasteiger charge is -2.06. The monoisotopic (exact) mass is 165 g/mol. The summed E-state index contributed by atoms with van der Waals surface area (Å²) in [6.07, 6.45) is 0. The highest BCUT2D eigenvalue weighted by Gasteiger charge is 2.22. The molecule has 0 aromatic heterocycles. The average molecular weight is 165 g/mol. The third-order valence-electron chi connectivity index (χ3n) is 2.27. The molecule has 12 heavy (non-hydrogen) atoms. The van der Waals surface area contributed by atoms with E-state index in [0.717, 1.165) is 11.1 Å². The van der Waals surface area contributed by atoms with Crippen molar-refractivity contribution >= 4 is 0 Å². The minimum absolute atomic E-state index is 0.00731. The number of hydrogen-bond acceptors (Lipinski definition) is 3. The van der Waals surface area contributed by atoms with Gasteiger partial charge in [0.15, 0.2) is 0 Å². The molecular weight excluding hydrogens is 154 g/mol. The van der Waals surface area contributed by atoms with Gasteiger partial charge in [-0.1, -0.05) is 12.1 Å². The Labute approximate surface area is 70.7 Å². The summed E-state index contributed by atoms with van der Waals surface area (Å²) in [5, 5.41) is 21.5. The van der Waals surface area contributed by atoms with Crippen LogP contribution in [0.15, 0.2) is 18.2 Å². The van der Waals surface area contributed by atoms with E-state index in [1.165, 1.54) is 0 Å². The summed E-state index contributed by atoms with van der Waals surface area (Å²) in [6.45, 7) is 0.726. The van der Waals surface area contributed by atoms with E-state index in [1.54, 1.807) is 12.1 Å². The van der Waals surface area contributed by atoms with E-state index < -0.39 is 0 Å². The number of aliphatic hydroxyl groups is 1. The van der Waals surface area contributed by atoms with Crippen molar-refractivity contribution in [3.63, 3.8) is 0 Å². The smallest absolute Gasteiger partial charge is 0.120 e. The van der Waals surface area contributed by atoms with Gasteiger partial charge in [0.2, 0.25) is 0 Å². The maximum atomic E-state index is 9.42. The van der Waals surface area contributed by atoms with Crippen LogP contribution < -0.4 is 5.32 Å². The van der Waals surface area contributed by atoms with Gasteiger partial charge in [0.1, 0.15) is 5.75 Å². The number of phenolic OH excluding ortho intramolecular Hbond substituents is 1. The molecule has 1 aliphatic rings. The number of rotatable bonds is 1. The predicted molar refractivity (Wildman–Crippen MR) is 44.8 cm³/mol. The number of fused-ring (bicyclic) bond motifs is 1. The molecule has 1 aromatic carbocycles. The van der Waals surface area contributed by atoms with Crippen molar-refractivity contribution in [1.29, 1.82) is 0 Å². The van der Waals surface area contributed by atoms with Crippen molar-refractivity contribution in [1.82, 2.24) is 5.32 Å². The number of aromatic hydroxyl groups is 1. The molecule has 0 radical (unpaired) electrons. The van der Waals surface area contributed by atoms with Crippen molar-refractivity contribution in [2.45, 2.75) is 12.6 Å². The molecule has 3 heteroatoms. The summed E-state index contributed by atoms with van der Waals surface area (Å²) in [6, 6.07) is 5.38. The van der Waals surface area contributed by atoms with Gasteiger partial charge in [-0.05, 0) is 11.6 Å². The third kappa shape index (κ3) is 0.983. The lowest BCUT2D eigenvalue weighted by Crippen LogP contribution is -2.15. The zero-order chi connectivity index (χ0) is 8.55. The molecule has 64 valence electrons. The fourth-order valence-electron chi connectivity index (χ4n) is 1.61. The van der Waals surface area contributed by atoms with E-state index in [4.69, 9.17) is 5.11 Å². The van der Waals surface area contributed by atoms with E-state index in [2.05, 4.69) is 5.32 Å². The van der Waals surface area contributed by atoms with Crippen LogP contribution in [-0.4, -0.2) is 16.8 Å². The Balaban J connectivity index is 2.46. The Morgan fingerprint density at radius 1 is 1.50 bits per heavy atom. The summed E-state index contributed by atoms with van der Waals surface area (Å²) in [5.74, 6) is 0.316. The van der Waals surface area contributed by atoms with E-state index >= 15 is 0 Å². The van der Waals surface area contributed by atoms with E-state index in [0.29, 0.717) is 12.3 Å². The third-order valence-corrected chi connectivity index (χ3v) is 2.27. The largest absolute Gasteiger partial charge is 0.508 e. The Bertz CT molecular complexity index is 299. The molecule has 0 aliphatic carbocycles. The van der Waals surface area contributed by atoms with Crippen LogP contribution in [0.1, 0.15) is 17.2 Å². The fraction of sp³-hybridized carbons (Fsp3) is 0.333. The minimum atomic E-state index is -0.00731. The number of nitrogens with one attached hydrogen (secondary N) is 1. The van der Waals surface area contributed by atoms with Crippen LogP contribution in [0.5, 0.6) is 5.75 Å². The molecular formula is C9H11NO2. The zero-order valence-electron chi connectivity index (χ0n) is 6.62. The van der Waals surface area contributed by atoms with Crippen molar-refractivity contribution in [2.24, 2.45) is 0 Å². The second-order valence-corrected chi connectivity index (χ2v) is 2.96. The SMILES string of the molecule is OC[C@H]1NCc2c(O)cccc21. The Hall–Kier alpha value is -1.06. The van der Waals surface area contributed by atoms with Gasteiger partial charge in [-0.15, -0.1) is 0 Å². The van der Waals surface area contributed by atoms with Crippen LogP contribution in [0, 0.1) is 0 Å². The summed E-state index contributed by atoms with van der Waals surface area (Å²) < 4.78 is 0. The molecule has 3 nitrogen and oxygen atoms in total. The fourth-order valence-corrected chi connectivity index (χ4v) is 1.61. The molecule has 2 rings (SSSR count). The average Bonchev–Trinajstić information content (AvgIpc) is 2.49. The molecule has 0 saturated heterocycles. The standard InChI is InChI=1S/C9H11NO2/c11-5-8-6-2-1-3-9(12)7(6)4-10-8/h1-3,8,10-12H,4-5H2/t8-/m1/s1. The van der Waals surface area contributed by atoms with E-state index in [-0.39, 0.29) is 12.6 Å². The summed E-state index contributed by atoms with van der Waals surface area (Å²) in [5.41, 5.74) is 1.93. The van der Waals surface area contributed by atoms with Crippen LogP contribution >= 0.6 is 0 Å². The maximum Gasteiger partial charge on any atom is 0.120 e. The van der Waals surface area contributed by atoms with Crippen LogP contribution in [0.3, 0.4) is 0 Å². The molecule has 0 amide bonds. The lowest BCUT2D eigenvalue weighted by atomic mass is 10.1. The first-order valence-electron chi connectivity index (χ1n) is 3.98. The Morgan fingerprint density at radius 2 is 2.33 bits per heavy atom. The van der Waals surface area contributed by atoms with Crippen molar-refractivity contribution in [3.8, 4) is 5.75 Å². The van der Waals surface area contributed by atoms with Crippen LogP contribution in [0.2, 0.25) is 0 Å². The van der Waals surface area contributed by atoms with Gasteiger partial charge in [-0.2, -0.15) is 0 Å². The van der Waals surface area contributed by atoms with Gasteiger partial charge < -0.3 is 15.5 Å². The molecule has 0 bridgehead atoms. The molecule has 0 unspecified atom stereocenters. The summed E-state index contributed by atoms with van der Waals surface area (Å²) in [7, 11) is 0. The maximum absolute atomic E-state index is 9.42. The topological polar surface area (TPSA) is 52.5 Å². The number of hydrogen-bond donors (Lipinski definition) is 3. The van der Waals surface area contributed by atoms with Crippen molar-refractivity contribution < 1.29 is 10.2 Å². The van der Waals surface area contributed by atoms with Crippen molar-refractivity contribution in [2.75, 3.05) is 6.61 Å². The highest BCUT2D eigenvalue weighted by molar-refractivity contribution is 5.43. The van der Waals surface area contributed by atoms with Gasteiger partial charge in [0, 0.05) is 12.1 Å². The predicted octanol–water partition coefficient (Wildman–Crippen LogP) is 0.529. The number of benzene rings is 1. The molecule has 0 saturated carbocycles. The molecule has 0 spiro atoms. The summed E-state index contributed by atoms with van der Waals surface area (Å²) >= 11 is 0. The van der Waals surface area contributed by atoms with Gasteiger partial charge in [-0.25, -0.2) is 0 Å². The molecule has 1 atom stereocenters. The first-order valence-corrected chi connectivity index (χ1v) is 3.98. The first-order chi connectivity index (χ1) is 5.83. The Morgan fingerprint density at radius 3 is 3.08 bits per heavy atom. The van der Waals surface area contributed by atoms with Crippen molar-refractivity contribution in [3.05, 3.63) is 29.3 Å². The number of aliphatic hydroxyl groups excluding tert-OH is 1. The van der Waals surface area contributed by atoms with Crippen LogP contribution in [0.4, 0.5) is 0 Å². The van der Waals surface area contributed by atoms with Crippen LogP contribution in [-0.2, 0) is 6.54 Å². The quantitative estimate of drug-likeness (QED) is 0.569. The lowest BCUT2D eigenvalue weighted by molar-refractivity contribution is 0.251. The van der Waals surface area contributed by atoms with Gasteiger partial charge in [0.25, 0.3) is 0 Å². The molecule has 3 N–H and O–H groups in total. The zero-order valence-corrected chi connectivity index (χ0v) is 6.62.